The summed E-state index contributed by atoms with van der Waals surface area (Å²) in [7, 11) is -6.51. The van der Waals surface area contributed by atoms with Crippen molar-refractivity contribution in [3.63, 3.8) is 0 Å². The van der Waals surface area contributed by atoms with E-state index >= 15 is 0 Å². The molecule has 2 rings (SSSR count). The maximum Gasteiger partial charge on any atom is 0.158 e. The third-order valence-electron chi connectivity index (χ3n) is 2.91. The highest BCUT2D eigenvalue weighted by Gasteiger charge is 2.36. The first kappa shape index (κ1) is 12.6. The fraction of sp³-hybridized carbons (Fsp3) is 0.455. The molecule has 0 aliphatic carbocycles. The van der Waals surface area contributed by atoms with Gasteiger partial charge in [0.2, 0.25) is 0 Å². The van der Waals surface area contributed by atoms with Crippen LogP contribution in [0.2, 0.25) is 0 Å². The van der Waals surface area contributed by atoms with Crippen molar-refractivity contribution in [3.05, 3.63) is 35.9 Å². The molecule has 1 unspecified atom stereocenters. The zero-order valence-electron chi connectivity index (χ0n) is 9.24. The van der Waals surface area contributed by atoms with Crippen LogP contribution in [0.3, 0.4) is 0 Å². The van der Waals surface area contributed by atoms with Gasteiger partial charge >= 0.3 is 0 Å². The molecule has 0 aromatic heterocycles. The number of benzene rings is 1. The van der Waals surface area contributed by atoms with Crippen molar-refractivity contribution >= 4 is 19.7 Å². The molecule has 1 atom stereocenters. The molecule has 0 spiro atoms. The minimum absolute atomic E-state index is 0.00825. The fourth-order valence-corrected chi connectivity index (χ4v) is 6.48. The van der Waals surface area contributed by atoms with Crippen molar-refractivity contribution in [2.45, 2.75) is 17.4 Å². The molecule has 0 saturated carbocycles. The molecule has 1 aliphatic rings. The summed E-state index contributed by atoms with van der Waals surface area (Å²) in [5.41, 5.74) is 0.705. The first-order chi connectivity index (χ1) is 7.89. The van der Waals surface area contributed by atoms with Crippen LogP contribution in [0.5, 0.6) is 0 Å². The predicted octanol–water partition coefficient (Wildman–Crippen LogP) is 0.788. The molecule has 0 amide bonds. The van der Waals surface area contributed by atoms with Crippen LogP contribution < -0.4 is 0 Å². The van der Waals surface area contributed by atoms with Crippen LogP contribution in [0.4, 0.5) is 0 Å². The Morgan fingerprint density at radius 3 is 2.35 bits per heavy atom. The summed E-state index contributed by atoms with van der Waals surface area (Å²) in [6.45, 7) is 0. The lowest BCUT2D eigenvalue weighted by atomic mass is 10.2. The van der Waals surface area contributed by atoms with Gasteiger partial charge in [0.15, 0.2) is 19.7 Å². The normalized spacial score (nSPS) is 23.6. The summed E-state index contributed by atoms with van der Waals surface area (Å²) in [5.74, 6) is -0.304. The molecule has 1 aromatic rings. The SMILES string of the molecule is O=S1(=O)CCC(S(=O)(=O)Cc2ccccc2)C1. The van der Waals surface area contributed by atoms with Gasteiger partial charge in [-0.2, -0.15) is 0 Å². The van der Waals surface area contributed by atoms with Crippen molar-refractivity contribution in [1.29, 1.82) is 0 Å². The monoisotopic (exact) mass is 274 g/mol. The molecule has 0 radical (unpaired) electrons. The van der Waals surface area contributed by atoms with Gasteiger partial charge in [0.05, 0.1) is 22.5 Å². The minimum Gasteiger partial charge on any atom is -0.229 e. The smallest absolute Gasteiger partial charge is 0.158 e. The molecule has 94 valence electrons. The molecule has 1 aliphatic heterocycles. The Hall–Kier alpha value is -0.880. The van der Waals surface area contributed by atoms with E-state index < -0.39 is 24.9 Å². The van der Waals surface area contributed by atoms with E-state index in [0.29, 0.717) is 5.56 Å². The average molecular weight is 274 g/mol. The molecule has 1 saturated heterocycles. The summed E-state index contributed by atoms with van der Waals surface area (Å²) in [5, 5.41) is -0.729. The summed E-state index contributed by atoms with van der Waals surface area (Å²) in [6.07, 6.45) is 0.234. The molecular weight excluding hydrogens is 260 g/mol. The Kier molecular flexibility index (Phi) is 3.27. The van der Waals surface area contributed by atoms with E-state index in [1.165, 1.54) is 0 Å². The van der Waals surface area contributed by atoms with E-state index in [1.54, 1.807) is 24.3 Å². The third kappa shape index (κ3) is 3.07. The van der Waals surface area contributed by atoms with Gasteiger partial charge in [-0.15, -0.1) is 0 Å². The molecule has 1 heterocycles. The van der Waals surface area contributed by atoms with Crippen molar-refractivity contribution in [1.82, 2.24) is 0 Å². The highest BCUT2D eigenvalue weighted by Crippen LogP contribution is 2.22. The Balaban J connectivity index is 2.16. The molecule has 17 heavy (non-hydrogen) atoms. The highest BCUT2D eigenvalue weighted by atomic mass is 32.2. The van der Waals surface area contributed by atoms with E-state index in [0.717, 1.165) is 0 Å². The van der Waals surface area contributed by atoms with Gasteiger partial charge in [0.1, 0.15) is 0 Å². The van der Waals surface area contributed by atoms with Gasteiger partial charge in [-0.05, 0) is 12.0 Å². The van der Waals surface area contributed by atoms with Crippen molar-refractivity contribution in [2.24, 2.45) is 0 Å². The van der Waals surface area contributed by atoms with Gasteiger partial charge in [0, 0.05) is 0 Å². The van der Waals surface area contributed by atoms with E-state index in [1.807, 2.05) is 6.07 Å². The second kappa shape index (κ2) is 4.42. The summed E-state index contributed by atoms with van der Waals surface area (Å²) in [4.78, 5) is 0. The van der Waals surface area contributed by atoms with Gasteiger partial charge in [0.25, 0.3) is 0 Å². The van der Waals surface area contributed by atoms with Gasteiger partial charge < -0.3 is 0 Å². The standard InChI is InChI=1S/C11H14O4S2/c12-16(13)7-6-11(9-16)17(14,15)8-10-4-2-1-3-5-10/h1-5,11H,6-9H2. The van der Waals surface area contributed by atoms with Crippen molar-refractivity contribution in [2.75, 3.05) is 11.5 Å². The van der Waals surface area contributed by atoms with E-state index in [9.17, 15) is 16.8 Å². The van der Waals surface area contributed by atoms with Crippen LogP contribution in [-0.2, 0) is 25.4 Å². The molecule has 1 fully saturated rings. The maximum atomic E-state index is 12.0. The summed E-state index contributed by atoms with van der Waals surface area (Å²) < 4.78 is 46.6. The average Bonchev–Trinajstić information content (AvgIpc) is 2.60. The fourth-order valence-electron chi connectivity index (χ4n) is 1.97. The Morgan fingerprint density at radius 1 is 1.18 bits per heavy atom. The zero-order chi connectivity index (χ0) is 12.5. The van der Waals surface area contributed by atoms with Crippen LogP contribution in [0.25, 0.3) is 0 Å². The minimum atomic E-state index is -3.36. The quantitative estimate of drug-likeness (QED) is 0.817. The van der Waals surface area contributed by atoms with Gasteiger partial charge in [-0.1, -0.05) is 30.3 Å². The first-order valence-corrected chi connectivity index (χ1v) is 8.89. The molecular formula is C11H14O4S2. The van der Waals surface area contributed by atoms with Crippen LogP contribution in [0.15, 0.2) is 30.3 Å². The lowest BCUT2D eigenvalue weighted by Crippen LogP contribution is -2.24. The first-order valence-electron chi connectivity index (χ1n) is 5.35. The molecule has 6 heteroatoms. The van der Waals surface area contributed by atoms with E-state index in [4.69, 9.17) is 0 Å². The van der Waals surface area contributed by atoms with E-state index in [-0.39, 0.29) is 23.7 Å². The maximum absolute atomic E-state index is 12.0. The number of sulfone groups is 2. The van der Waals surface area contributed by atoms with E-state index in [2.05, 4.69) is 0 Å². The lowest BCUT2D eigenvalue weighted by molar-refractivity contribution is 0.581. The van der Waals surface area contributed by atoms with Crippen molar-refractivity contribution in [3.8, 4) is 0 Å². The largest absolute Gasteiger partial charge is 0.229 e. The molecule has 1 aromatic carbocycles. The lowest BCUT2D eigenvalue weighted by Gasteiger charge is -2.09. The topological polar surface area (TPSA) is 68.3 Å². The number of hydrogen-bond donors (Lipinski definition) is 0. The van der Waals surface area contributed by atoms with Crippen LogP contribution in [0.1, 0.15) is 12.0 Å². The number of hydrogen-bond acceptors (Lipinski definition) is 4. The Morgan fingerprint density at radius 2 is 1.82 bits per heavy atom. The highest BCUT2D eigenvalue weighted by molar-refractivity contribution is 7.96. The zero-order valence-corrected chi connectivity index (χ0v) is 10.9. The van der Waals surface area contributed by atoms with Crippen LogP contribution in [0, 0.1) is 0 Å². The molecule has 0 bridgehead atoms. The molecule has 4 nitrogen and oxygen atoms in total. The summed E-state index contributed by atoms with van der Waals surface area (Å²) in [6, 6.07) is 8.84. The third-order valence-corrected chi connectivity index (χ3v) is 7.04. The Labute approximate surface area is 102 Å². The second-order valence-corrected chi connectivity index (χ2v) is 8.83. The second-order valence-electron chi connectivity index (χ2n) is 4.32. The van der Waals surface area contributed by atoms with Crippen LogP contribution in [-0.4, -0.2) is 33.6 Å². The van der Waals surface area contributed by atoms with Crippen molar-refractivity contribution < 1.29 is 16.8 Å². The number of rotatable bonds is 3. The van der Waals surface area contributed by atoms with Gasteiger partial charge in [-0.25, -0.2) is 16.8 Å². The van der Waals surface area contributed by atoms with Gasteiger partial charge in [-0.3, -0.25) is 0 Å². The molecule has 0 N–H and O–H groups in total. The predicted molar refractivity (Wildman–Crippen MR) is 66.1 cm³/mol. The summed E-state index contributed by atoms with van der Waals surface area (Å²) >= 11 is 0. The van der Waals surface area contributed by atoms with Crippen LogP contribution >= 0.6 is 0 Å². The Bertz CT molecular complexity index is 588.